The predicted octanol–water partition coefficient (Wildman–Crippen LogP) is 3.06. The van der Waals surface area contributed by atoms with Crippen LogP contribution in [0.5, 0.6) is 17.2 Å². The van der Waals surface area contributed by atoms with E-state index >= 15 is 0 Å². The Kier molecular flexibility index (Phi) is 7.55. The summed E-state index contributed by atoms with van der Waals surface area (Å²) in [4.78, 5) is 36.4. The van der Waals surface area contributed by atoms with Gasteiger partial charge in [-0.15, -0.1) is 0 Å². The predicted molar refractivity (Wildman–Crippen MR) is 117 cm³/mol. The topological polar surface area (TPSA) is 108 Å². The molecule has 31 heavy (non-hydrogen) atoms. The monoisotopic (exact) mass is 442 g/mol. The first-order valence-electron chi connectivity index (χ1n) is 9.59. The van der Waals surface area contributed by atoms with E-state index in [0.29, 0.717) is 36.9 Å². The molecule has 1 saturated heterocycles. The van der Waals surface area contributed by atoms with Gasteiger partial charge < -0.3 is 19.9 Å². The van der Waals surface area contributed by atoms with E-state index < -0.39 is 23.6 Å². The maximum atomic E-state index is 12.4. The van der Waals surface area contributed by atoms with Gasteiger partial charge in [-0.25, -0.2) is 0 Å². The summed E-state index contributed by atoms with van der Waals surface area (Å²) in [5, 5.41) is -0.529. The largest absolute Gasteiger partial charge is 0.490 e. The molecule has 3 rings (SSSR count). The number of ether oxygens (including phenoxy) is 3. The van der Waals surface area contributed by atoms with Crippen LogP contribution in [-0.2, 0) is 9.59 Å². The summed E-state index contributed by atoms with van der Waals surface area (Å²) < 4.78 is 17.0. The number of thioether (sulfide) groups is 1. The van der Waals surface area contributed by atoms with Gasteiger partial charge in [0.05, 0.1) is 11.5 Å². The van der Waals surface area contributed by atoms with E-state index in [9.17, 15) is 14.4 Å². The highest BCUT2D eigenvalue weighted by Crippen LogP contribution is 2.34. The van der Waals surface area contributed by atoms with Crippen LogP contribution in [0.15, 0.2) is 53.4 Å². The van der Waals surface area contributed by atoms with Crippen LogP contribution in [0, 0.1) is 0 Å². The molecule has 3 amide bonds. The molecule has 1 aliphatic heterocycles. The van der Waals surface area contributed by atoms with Crippen molar-refractivity contribution in [1.29, 1.82) is 0 Å². The van der Waals surface area contributed by atoms with Crippen molar-refractivity contribution in [2.75, 3.05) is 26.4 Å². The number of hydrogen-bond donors (Lipinski definition) is 1. The number of para-hydroxylation sites is 1. The number of primary amides is 1. The Morgan fingerprint density at radius 3 is 2.48 bits per heavy atom. The van der Waals surface area contributed by atoms with Crippen molar-refractivity contribution in [1.82, 2.24) is 4.90 Å². The van der Waals surface area contributed by atoms with Gasteiger partial charge in [-0.2, -0.15) is 0 Å². The van der Waals surface area contributed by atoms with Crippen LogP contribution in [0.3, 0.4) is 0 Å². The first-order chi connectivity index (χ1) is 15.0. The Labute approximate surface area is 183 Å². The quantitative estimate of drug-likeness (QED) is 0.445. The second-order valence-corrected chi connectivity index (χ2v) is 7.38. The number of nitrogens with two attached hydrogens (primary N) is 1. The van der Waals surface area contributed by atoms with Crippen LogP contribution in [0.2, 0.25) is 0 Å². The first-order valence-corrected chi connectivity index (χ1v) is 10.4. The third kappa shape index (κ3) is 6.02. The standard InChI is InChI=1S/C22H22N2O6S/c1-2-28-18-12-15(13-19-21(26)24(14-20(23)25)22(27)31-19)8-9-17(18)30-11-10-29-16-6-4-3-5-7-16/h3-9,12-13H,2,10-11,14H2,1H3,(H2,23,25)/b19-13-. The number of carbonyl (C=O) groups excluding carboxylic acids is 3. The molecule has 0 saturated carbocycles. The highest BCUT2D eigenvalue weighted by atomic mass is 32.2. The van der Waals surface area contributed by atoms with E-state index in [1.54, 1.807) is 24.3 Å². The van der Waals surface area contributed by atoms with E-state index in [4.69, 9.17) is 19.9 Å². The summed E-state index contributed by atoms with van der Waals surface area (Å²) >= 11 is 0.759. The molecule has 1 aliphatic rings. The lowest BCUT2D eigenvalue weighted by Crippen LogP contribution is -2.36. The molecule has 0 radical (unpaired) electrons. The first kappa shape index (κ1) is 22.2. The number of carbonyl (C=O) groups is 3. The number of amides is 3. The fourth-order valence-corrected chi connectivity index (χ4v) is 3.61. The molecule has 2 N–H and O–H groups in total. The fraction of sp³-hybridized carbons (Fsp3) is 0.227. The zero-order valence-corrected chi connectivity index (χ0v) is 17.7. The lowest BCUT2D eigenvalue weighted by Gasteiger charge is -2.13. The molecule has 0 aromatic heterocycles. The molecular weight excluding hydrogens is 420 g/mol. The smallest absolute Gasteiger partial charge is 0.294 e. The van der Waals surface area contributed by atoms with Gasteiger partial charge in [-0.05, 0) is 54.6 Å². The van der Waals surface area contributed by atoms with Gasteiger partial charge in [0, 0.05) is 0 Å². The number of rotatable bonds is 10. The molecule has 1 heterocycles. The normalized spacial score (nSPS) is 14.7. The summed E-state index contributed by atoms with van der Waals surface area (Å²) in [6.07, 6.45) is 1.57. The Balaban J connectivity index is 1.67. The minimum atomic E-state index is -0.750. The van der Waals surface area contributed by atoms with Crippen molar-refractivity contribution >= 4 is 34.9 Å². The van der Waals surface area contributed by atoms with E-state index in [2.05, 4.69) is 0 Å². The van der Waals surface area contributed by atoms with E-state index in [1.165, 1.54) is 0 Å². The lowest BCUT2D eigenvalue weighted by molar-refractivity contribution is -0.127. The average molecular weight is 442 g/mol. The molecule has 0 atom stereocenters. The number of imide groups is 1. The van der Waals surface area contributed by atoms with Crippen LogP contribution in [-0.4, -0.2) is 48.3 Å². The Morgan fingerprint density at radius 1 is 1.03 bits per heavy atom. The number of hydrogen-bond acceptors (Lipinski definition) is 7. The van der Waals surface area contributed by atoms with Crippen LogP contribution in [0.4, 0.5) is 4.79 Å². The second kappa shape index (κ2) is 10.5. The summed E-state index contributed by atoms with van der Waals surface area (Å²) in [6.45, 7) is 2.52. The van der Waals surface area contributed by atoms with Gasteiger partial charge in [0.25, 0.3) is 11.1 Å². The van der Waals surface area contributed by atoms with Gasteiger partial charge in [0.2, 0.25) is 5.91 Å². The average Bonchev–Trinajstić information content (AvgIpc) is 3.00. The van der Waals surface area contributed by atoms with Crippen molar-refractivity contribution in [2.45, 2.75) is 6.92 Å². The number of nitrogens with zero attached hydrogens (tertiary/aromatic N) is 1. The number of benzene rings is 2. The summed E-state index contributed by atoms with van der Waals surface area (Å²) in [6, 6.07) is 14.6. The maximum absolute atomic E-state index is 12.4. The van der Waals surface area contributed by atoms with Gasteiger partial charge in [-0.1, -0.05) is 24.3 Å². The molecule has 162 valence electrons. The summed E-state index contributed by atoms with van der Waals surface area (Å²) in [5.74, 6) is 0.506. The molecule has 2 aromatic rings. The van der Waals surface area contributed by atoms with Crippen LogP contribution < -0.4 is 19.9 Å². The van der Waals surface area contributed by atoms with E-state index in [0.717, 1.165) is 22.4 Å². The molecule has 0 unspecified atom stereocenters. The molecule has 0 spiro atoms. The molecular formula is C22H22N2O6S. The highest BCUT2D eigenvalue weighted by molar-refractivity contribution is 8.18. The van der Waals surface area contributed by atoms with Gasteiger partial charge >= 0.3 is 0 Å². The molecule has 2 aromatic carbocycles. The highest BCUT2D eigenvalue weighted by Gasteiger charge is 2.35. The third-order valence-electron chi connectivity index (χ3n) is 4.11. The fourth-order valence-electron chi connectivity index (χ4n) is 2.77. The Hall–Kier alpha value is -3.46. The summed E-state index contributed by atoms with van der Waals surface area (Å²) in [7, 11) is 0. The van der Waals surface area contributed by atoms with Gasteiger partial charge in [0.15, 0.2) is 11.5 Å². The third-order valence-corrected chi connectivity index (χ3v) is 5.01. The van der Waals surface area contributed by atoms with Crippen molar-refractivity contribution in [3.05, 3.63) is 59.0 Å². The van der Waals surface area contributed by atoms with Crippen LogP contribution in [0.25, 0.3) is 6.08 Å². The molecule has 1 fully saturated rings. The molecule has 9 heteroatoms. The van der Waals surface area contributed by atoms with Gasteiger partial charge in [0.1, 0.15) is 25.5 Å². The zero-order chi connectivity index (χ0) is 22.2. The Morgan fingerprint density at radius 2 is 1.77 bits per heavy atom. The van der Waals surface area contributed by atoms with Crippen LogP contribution >= 0.6 is 11.8 Å². The molecule has 0 aliphatic carbocycles. The molecule has 0 bridgehead atoms. The molecule has 8 nitrogen and oxygen atoms in total. The lowest BCUT2D eigenvalue weighted by atomic mass is 10.2. The minimum absolute atomic E-state index is 0.207. The van der Waals surface area contributed by atoms with Crippen LogP contribution in [0.1, 0.15) is 12.5 Å². The van der Waals surface area contributed by atoms with Crippen molar-refractivity contribution in [3.8, 4) is 17.2 Å². The SMILES string of the molecule is CCOc1cc(/C=C2\SC(=O)N(CC(N)=O)C2=O)ccc1OCCOc1ccccc1. The zero-order valence-electron chi connectivity index (χ0n) is 16.9. The van der Waals surface area contributed by atoms with Crippen molar-refractivity contribution < 1.29 is 28.6 Å². The second-order valence-electron chi connectivity index (χ2n) is 6.38. The summed E-state index contributed by atoms with van der Waals surface area (Å²) in [5.41, 5.74) is 5.75. The minimum Gasteiger partial charge on any atom is -0.490 e. The Bertz CT molecular complexity index is 993. The van der Waals surface area contributed by atoms with Crippen molar-refractivity contribution in [2.24, 2.45) is 5.73 Å². The maximum Gasteiger partial charge on any atom is 0.294 e. The van der Waals surface area contributed by atoms with Crippen molar-refractivity contribution in [3.63, 3.8) is 0 Å². The van der Waals surface area contributed by atoms with Gasteiger partial charge in [-0.3, -0.25) is 19.3 Å². The van der Waals surface area contributed by atoms with E-state index in [-0.39, 0.29) is 4.91 Å². The van der Waals surface area contributed by atoms with E-state index in [1.807, 2.05) is 37.3 Å².